The van der Waals surface area contributed by atoms with Gasteiger partial charge in [-0.1, -0.05) is 97.3 Å². The molecule has 0 aromatic heterocycles. The molecule has 0 unspecified atom stereocenters. The molecule has 5 nitrogen and oxygen atoms in total. The van der Waals surface area contributed by atoms with Crippen LogP contribution in [0.25, 0.3) is 0 Å². The Bertz CT molecular complexity index is 284. The summed E-state index contributed by atoms with van der Waals surface area (Å²) in [6.45, 7) is 11.3. The Kier molecular flexibility index (Phi) is 30.6. The molecule has 0 saturated heterocycles. The summed E-state index contributed by atoms with van der Waals surface area (Å²) < 4.78 is 27.7. The quantitative estimate of drug-likeness (QED) is 0.113. The summed E-state index contributed by atoms with van der Waals surface area (Å²) in [6.07, 6.45) is 20.0. The molecule has 0 amide bonds. The van der Waals surface area contributed by atoms with Crippen molar-refractivity contribution in [3.05, 3.63) is 0 Å². The Morgan fingerprint density at radius 3 is 0.781 bits per heavy atom. The molecular weight excluding hydrogens is 404 g/mol. The predicted molar refractivity (Wildman–Crippen MR) is 135 cm³/mol. The highest BCUT2D eigenvalue weighted by Crippen LogP contribution is 2.11. The van der Waals surface area contributed by atoms with Crippen molar-refractivity contribution in [3.63, 3.8) is 0 Å². The van der Waals surface area contributed by atoms with Gasteiger partial charge in [0.15, 0.2) is 0 Å². The first-order chi connectivity index (χ1) is 15.9. The van der Waals surface area contributed by atoms with E-state index in [9.17, 15) is 0 Å². The second kappa shape index (κ2) is 30.8. The molecule has 0 bridgehead atoms. The van der Waals surface area contributed by atoms with Gasteiger partial charge in [-0.3, -0.25) is 0 Å². The van der Waals surface area contributed by atoms with Crippen LogP contribution in [0, 0.1) is 0 Å². The molecule has 0 aliphatic heterocycles. The van der Waals surface area contributed by atoms with Crippen LogP contribution < -0.4 is 0 Å². The summed E-state index contributed by atoms with van der Waals surface area (Å²) in [5.74, 6) is 0. The van der Waals surface area contributed by atoms with Gasteiger partial charge in [-0.25, -0.2) is 0 Å². The van der Waals surface area contributed by atoms with E-state index in [0.29, 0.717) is 52.9 Å². The van der Waals surface area contributed by atoms with Gasteiger partial charge in [0.2, 0.25) is 0 Å². The number of unbranched alkanes of at least 4 members (excludes halogenated alkanes) is 13. The molecule has 0 saturated carbocycles. The Morgan fingerprint density at radius 2 is 0.469 bits per heavy atom. The zero-order valence-corrected chi connectivity index (χ0v) is 21.7. The first-order valence-corrected chi connectivity index (χ1v) is 13.8. The molecule has 0 radical (unpaired) electrons. The van der Waals surface area contributed by atoms with Gasteiger partial charge in [-0.05, 0) is 12.8 Å². The number of hydrogen-bond donors (Lipinski definition) is 0. The van der Waals surface area contributed by atoms with E-state index >= 15 is 0 Å². The van der Waals surface area contributed by atoms with Gasteiger partial charge >= 0.3 is 0 Å². The molecule has 194 valence electrons. The average molecular weight is 461 g/mol. The van der Waals surface area contributed by atoms with E-state index in [0.717, 1.165) is 19.6 Å². The van der Waals surface area contributed by atoms with E-state index in [2.05, 4.69) is 13.8 Å². The van der Waals surface area contributed by atoms with Crippen LogP contribution in [0.15, 0.2) is 0 Å². The first kappa shape index (κ1) is 31.8. The fourth-order valence-corrected chi connectivity index (χ4v) is 3.48. The van der Waals surface area contributed by atoms with Crippen LogP contribution in [-0.2, 0) is 23.7 Å². The van der Waals surface area contributed by atoms with E-state index in [1.165, 1.54) is 89.9 Å². The monoisotopic (exact) mass is 460 g/mol. The van der Waals surface area contributed by atoms with E-state index in [1.54, 1.807) is 0 Å². The van der Waals surface area contributed by atoms with Crippen LogP contribution in [0.2, 0.25) is 0 Å². The van der Waals surface area contributed by atoms with Crippen LogP contribution in [0.3, 0.4) is 0 Å². The molecule has 0 N–H and O–H groups in total. The van der Waals surface area contributed by atoms with Gasteiger partial charge in [0, 0.05) is 13.2 Å². The second-order valence-corrected chi connectivity index (χ2v) is 8.66. The predicted octanol–water partition coefficient (Wildman–Crippen LogP) is 6.96. The molecule has 32 heavy (non-hydrogen) atoms. The molecule has 0 rings (SSSR count). The molecule has 0 aromatic carbocycles. The van der Waals surface area contributed by atoms with Crippen LogP contribution in [0.1, 0.15) is 110 Å². The number of hydrogen-bond acceptors (Lipinski definition) is 5. The van der Waals surface area contributed by atoms with Gasteiger partial charge in [0.1, 0.15) is 0 Å². The first-order valence-electron chi connectivity index (χ1n) is 13.8. The van der Waals surface area contributed by atoms with Crippen LogP contribution in [0.4, 0.5) is 0 Å². The largest absolute Gasteiger partial charge is 0.379 e. The lowest BCUT2D eigenvalue weighted by Crippen LogP contribution is -2.13. The van der Waals surface area contributed by atoms with Gasteiger partial charge in [-0.15, -0.1) is 0 Å². The summed E-state index contributed by atoms with van der Waals surface area (Å²) in [6, 6.07) is 0. The Hall–Kier alpha value is -0.200. The normalized spacial score (nSPS) is 11.4. The van der Waals surface area contributed by atoms with Crippen LogP contribution in [0.5, 0.6) is 0 Å². The minimum Gasteiger partial charge on any atom is -0.379 e. The van der Waals surface area contributed by atoms with E-state index in [1.807, 2.05) is 0 Å². The smallest absolute Gasteiger partial charge is 0.0701 e. The van der Waals surface area contributed by atoms with Gasteiger partial charge in [0.25, 0.3) is 0 Å². The van der Waals surface area contributed by atoms with Crippen molar-refractivity contribution in [2.75, 3.05) is 66.1 Å². The SMILES string of the molecule is CCCCCCCCCCCCCOCCOCCOCCOCCOCCCCCC. The maximum atomic E-state index is 5.64. The number of rotatable bonds is 29. The van der Waals surface area contributed by atoms with Crippen LogP contribution in [-0.4, -0.2) is 66.1 Å². The number of ether oxygens (including phenoxy) is 5. The molecule has 0 aliphatic rings. The fraction of sp³-hybridized carbons (Fsp3) is 1.00. The van der Waals surface area contributed by atoms with Gasteiger partial charge in [0.05, 0.1) is 52.9 Å². The molecule has 0 aromatic rings. The Labute approximate surface area is 200 Å². The lowest BCUT2D eigenvalue weighted by Gasteiger charge is -2.08. The summed E-state index contributed by atoms with van der Waals surface area (Å²) >= 11 is 0. The fourth-order valence-electron chi connectivity index (χ4n) is 3.48. The highest BCUT2D eigenvalue weighted by atomic mass is 16.6. The highest BCUT2D eigenvalue weighted by Gasteiger charge is 1.95. The van der Waals surface area contributed by atoms with Crippen molar-refractivity contribution in [2.45, 2.75) is 110 Å². The lowest BCUT2D eigenvalue weighted by atomic mass is 10.1. The Balaban J connectivity index is 2.98. The second-order valence-electron chi connectivity index (χ2n) is 8.66. The molecule has 0 heterocycles. The molecule has 0 fully saturated rings. The summed E-state index contributed by atoms with van der Waals surface area (Å²) in [4.78, 5) is 0. The van der Waals surface area contributed by atoms with Crippen molar-refractivity contribution >= 4 is 0 Å². The third-order valence-electron chi connectivity index (χ3n) is 5.52. The minimum absolute atomic E-state index is 0.606. The zero-order chi connectivity index (χ0) is 23.2. The summed E-state index contributed by atoms with van der Waals surface area (Å²) in [7, 11) is 0. The van der Waals surface area contributed by atoms with Crippen molar-refractivity contribution in [1.29, 1.82) is 0 Å². The Morgan fingerprint density at radius 1 is 0.250 bits per heavy atom. The van der Waals surface area contributed by atoms with Crippen molar-refractivity contribution in [3.8, 4) is 0 Å². The standard InChI is InChI=1S/C27H56O5/c1-3-5-7-9-10-11-12-13-14-15-17-19-29-21-23-31-25-27-32-26-24-30-22-20-28-18-16-8-6-4-2/h3-27H2,1-2H3. The van der Waals surface area contributed by atoms with Crippen molar-refractivity contribution in [2.24, 2.45) is 0 Å². The zero-order valence-electron chi connectivity index (χ0n) is 21.7. The molecular formula is C27H56O5. The van der Waals surface area contributed by atoms with Crippen molar-refractivity contribution in [1.82, 2.24) is 0 Å². The summed E-state index contributed by atoms with van der Waals surface area (Å²) in [5.41, 5.74) is 0. The van der Waals surface area contributed by atoms with Gasteiger partial charge < -0.3 is 23.7 Å². The highest BCUT2D eigenvalue weighted by molar-refractivity contribution is 4.48. The van der Waals surface area contributed by atoms with Crippen molar-refractivity contribution < 1.29 is 23.7 Å². The summed E-state index contributed by atoms with van der Waals surface area (Å²) in [5, 5.41) is 0. The lowest BCUT2D eigenvalue weighted by molar-refractivity contribution is -0.0114. The minimum atomic E-state index is 0.606. The van der Waals surface area contributed by atoms with E-state index in [4.69, 9.17) is 23.7 Å². The third kappa shape index (κ3) is 29.8. The van der Waals surface area contributed by atoms with Crippen LogP contribution >= 0.6 is 0 Å². The van der Waals surface area contributed by atoms with Gasteiger partial charge in [-0.2, -0.15) is 0 Å². The topological polar surface area (TPSA) is 46.2 Å². The average Bonchev–Trinajstić information content (AvgIpc) is 2.81. The van der Waals surface area contributed by atoms with E-state index < -0.39 is 0 Å². The maximum absolute atomic E-state index is 5.64. The molecule has 0 aliphatic carbocycles. The van der Waals surface area contributed by atoms with E-state index in [-0.39, 0.29) is 0 Å². The maximum Gasteiger partial charge on any atom is 0.0701 e. The molecule has 5 heteroatoms. The molecule has 0 atom stereocenters. The molecule has 0 spiro atoms. The third-order valence-corrected chi connectivity index (χ3v) is 5.52.